The standard InChI is InChI=1S/2C7H7Cl.C6H5Cl/c1-6-2-4-7(8)5-3-6;1-6-3-2-4-7(8)5-6;7-6-4-2-1-3-5-6/h2*2-5H,1H3;1-5H. The van der Waals surface area contributed by atoms with Crippen molar-refractivity contribution in [2.45, 2.75) is 13.8 Å². The predicted molar refractivity (Wildman–Crippen MR) is 104 cm³/mol. The molecule has 0 nitrogen and oxygen atoms in total. The molecule has 0 saturated carbocycles. The Morgan fingerprint density at radius 2 is 1.00 bits per heavy atom. The van der Waals surface area contributed by atoms with Gasteiger partial charge in [-0.2, -0.15) is 0 Å². The third-order valence-corrected chi connectivity index (χ3v) is 3.46. The van der Waals surface area contributed by atoms with Gasteiger partial charge in [-0.15, -0.1) is 0 Å². The van der Waals surface area contributed by atoms with Crippen LogP contribution in [-0.2, 0) is 0 Å². The van der Waals surface area contributed by atoms with E-state index >= 15 is 0 Å². The molecule has 0 atom stereocenters. The highest BCUT2D eigenvalue weighted by Gasteiger charge is 1.83. The van der Waals surface area contributed by atoms with Gasteiger partial charge in [0.1, 0.15) is 0 Å². The van der Waals surface area contributed by atoms with Crippen LogP contribution in [0.15, 0.2) is 78.9 Å². The maximum atomic E-state index is 5.64. The van der Waals surface area contributed by atoms with Gasteiger partial charge in [0, 0.05) is 15.1 Å². The molecule has 0 heterocycles. The van der Waals surface area contributed by atoms with E-state index in [1.54, 1.807) is 0 Å². The van der Waals surface area contributed by atoms with Crippen molar-refractivity contribution in [3.63, 3.8) is 0 Å². The second-order valence-corrected chi connectivity index (χ2v) is 6.20. The molecule has 0 N–H and O–H groups in total. The molecule has 3 rings (SSSR count). The van der Waals surface area contributed by atoms with E-state index in [9.17, 15) is 0 Å². The third-order valence-electron chi connectivity index (χ3n) is 2.72. The minimum Gasteiger partial charge on any atom is -0.0843 e. The summed E-state index contributed by atoms with van der Waals surface area (Å²) >= 11 is 16.8. The van der Waals surface area contributed by atoms with Crippen molar-refractivity contribution in [3.05, 3.63) is 105 Å². The Labute approximate surface area is 153 Å². The lowest BCUT2D eigenvalue weighted by molar-refractivity contribution is 1.47. The molecule has 0 saturated heterocycles. The number of halogens is 3. The zero-order chi connectivity index (χ0) is 17.1. The first kappa shape index (κ1) is 19.6. The Balaban J connectivity index is 0.000000173. The minimum absolute atomic E-state index is 0.794. The van der Waals surface area contributed by atoms with Gasteiger partial charge < -0.3 is 0 Å². The monoisotopic (exact) mass is 364 g/mol. The summed E-state index contributed by atoms with van der Waals surface area (Å²) in [5, 5.41) is 2.41. The van der Waals surface area contributed by atoms with Gasteiger partial charge in [-0.25, -0.2) is 0 Å². The summed E-state index contributed by atoms with van der Waals surface area (Å²) < 4.78 is 0. The summed E-state index contributed by atoms with van der Waals surface area (Å²) in [4.78, 5) is 0. The number of rotatable bonds is 0. The van der Waals surface area contributed by atoms with Crippen molar-refractivity contribution >= 4 is 34.8 Å². The molecule has 0 spiro atoms. The molecule has 23 heavy (non-hydrogen) atoms. The Morgan fingerprint density at radius 1 is 0.478 bits per heavy atom. The highest BCUT2D eigenvalue weighted by molar-refractivity contribution is 6.31. The van der Waals surface area contributed by atoms with E-state index in [4.69, 9.17) is 34.8 Å². The van der Waals surface area contributed by atoms with Crippen LogP contribution in [0.3, 0.4) is 0 Å². The maximum absolute atomic E-state index is 5.64. The Bertz CT molecular complexity index is 639. The van der Waals surface area contributed by atoms with E-state index in [0.29, 0.717) is 0 Å². The van der Waals surface area contributed by atoms with Crippen LogP contribution in [-0.4, -0.2) is 0 Å². The van der Waals surface area contributed by atoms with Gasteiger partial charge in [0.15, 0.2) is 0 Å². The molecule has 0 aliphatic heterocycles. The number of benzene rings is 3. The SMILES string of the molecule is Cc1ccc(Cl)cc1.Cc1cccc(Cl)c1.Clc1ccccc1. The van der Waals surface area contributed by atoms with Crippen LogP contribution >= 0.6 is 34.8 Å². The van der Waals surface area contributed by atoms with Gasteiger partial charge in [0.05, 0.1) is 0 Å². The van der Waals surface area contributed by atoms with Crippen LogP contribution < -0.4 is 0 Å². The van der Waals surface area contributed by atoms with Crippen LogP contribution in [0.5, 0.6) is 0 Å². The second-order valence-electron chi connectivity index (χ2n) is 4.89. The molecule has 3 heteroatoms. The van der Waals surface area contributed by atoms with Crippen molar-refractivity contribution in [2.75, 3.05) is 0 Å². The summed E-state index contributed by atoms with van der Waals surface area (Å²) in [7, 11) is 0. The van der Waals surface area contributed by atoms with Gasteiger partial charge in [0.2, 0.25) is 0 Å². The van der Waals surface area contributed by atoms with Crippen molar-refractivity contribution in [1.82, 2.24) is 0 Å². The van der Waals surface area contributed by atoms with Gasteiger partial charge >= 0.3 is 0 Å². The van der Waals surface area contributed by atoms with E-state index in [2.05, 4.69) is 0 Å². The molecule has 0 unspecified atom stereocenters. The zero-order valence-electron chi connectivity index (χ0n) is 13.1. The van der Waals surface area contributed by atoms with Crippen LogP contribution in [0.1, 0.15) is 11.1 Å². The fourth-order valence-electron chi connectivity index (χ4n) is 1.55. The van der Waals surface area contributed by atoms with E-state index in [0.717, 1.165) is 15.1 Å². The summed E-state index contributed by atoms with van der Waals surface area (Å²) in [6, 6.07) is 25.0. The number of aryl methyl sites for hydroxylation is 2. The molecule has 0 bridgehead atoms. The van der Waals surface area contributed by atoms with Gasteiger partial charge in [0.25, 0.3) is 0 Å². The Hall–Kier alpha value is -1.47. The molecule has 0 radical (unpaired) electrons. The van der Waals surface area contributed by atoms with E-state index in [-0.39, 0.29) is 0 Å². The molecule has 0 aliphatic rings. The van der Waals surface area contributed by atoms with Crippen LogP contribution in [0.2, 0.25) is 15.1 Å². The van der Waals surface area contributed by atoms with Crippen LogP contribution in [0.25, 0.3) is 0 Å². The molecular weight excluding hydrogens is 347 g/mol. The predicted octanol–water partition coefficient (Wildman–Crippen LogP) is 7.64. The van der Waals surface area contributed by atoms with E-state index in [1.165, 1.54) is 11.1 Å². The van der Waals surface area contributed by atoms with Crippen LogP contribution in [0.4, 0.5) is 0 Å². The normalized spacial score (nSPS) is 9.09. The average Bonchev–Trinajstić information content (AvgIpc) is 2.52. The fourth-order valence-corrected chi connectivity index (χ4v) is 2.07. The van der Waals surface area contributed by atoms with Crippen molar-refractivity contribution < 1.29 is 0 Å². The Kier molecular flexibility index (Phi) is 9.47. The molecule has 3 aromatic rings. The van der Waals surface area contributed by atoms with Gasteiger partial charge in [-0.3, -0.25) is 0 Å². The molecular formula is C20H19Cl3. The first-order valence-electron chi connectivity index (χ1n) is 7.12. The summed E-state index contributed by atoms with van der Waals surface area (Å²) in [6.07, 6.45) is 0. The summed E-state index contributed by atoms with van der Waals surface area (Å²) in [5.74, 6) is 0. The molecule has 0 fully saturated rings. The van der Waals surface area contributed by atoms with Crippen LogP contribution in [0, 0.1) is 13.8 Å². The van der Waals surface area contributed by atoms with E-state index in [1.807, 2.05) is 92.7 Å². The molecule has 0 aromatic heterocycles. The maximum Gasteiger partial charge on any atom is 0.0408 e. The van der Waals surface area contributed by atoms with Crippen molar-refractivity contribution in [3.8, 4) is 0 Å². The minimum atomic E-state index is 0.794. The highest BCUT2D eigenvalue weighted by atomic mass is 35.5. The number of hydrogen-bond acceptors (Lipinski definition) is 0. The smallest absolute Gasteiger partial charge is 0.0408 e. The quantitative estimate of drug-likeness (QED) is 0.384. The van der Waals surface area contributed by atoms with Gasteiger partial charge in [-0.05, 0) is 55.8 Å². The largest absolute Gasteiger partial charge is 0.0843 e. The molecule has 3 aromatic carbocycles. The lowest BCUT2D eigenvalue weighted by Crippen LogP contribution is -1.66. The molecule has 0 aliphatic carbocycles. The lowest BCUT2D eigenvalue weighted by atomic mass is 10.2. The molecule has 120 valence electrons. The summed E-state index contributed by atoms with van der Waals surface area (Å²) in [5.41, 5.74) is 2.45. The van der Waals surface area contributed by atoms with Crippen molar-refractivity contribution in [2.24, 2.45) is 0 Å². The van der Waals surface area contributed by atoms with Crippen molar-refractivity contribution in [1.29, 1.82) is 0 Å². The van der Waals surface area contributed by atoms with Gasteiger partial charge in [-0.1, -0.05) is 82.8 Å². The lowest BCUT2D eigenvalue weighted by Gasteiger charge is -1.88. The number of hydrogen-bond donors (Lipinski definition) is 0. The Morgan fingerprint density at radius 3 is 1.35 bits per heavy atom. The fraction of sp³-hybridized carbons (Fsp3) is 0.100. The van der Waals surface area contributed by atoms with E-state index < -0.39 is 0 Å². The highest BCUT2D eigenvalue weighted by Crippen LogP contribution is 2.08. The zero-order valence-corrected chi connectivity index (χ0v) is 15.4. The first-order valence-corrected chi connectivity index (χ1v) is 8.25. The first-order chi connectivity index (χ1) is 11.0. The topological polar surface area (TPSA) is 0 Å². The molecule has 0 amide bonds. The average molecular weight is 366 g/mol. The summed E-state index contributed by atoms with van der Waals surface area (Å²) in [6.45, 7) is 4.06. The third kappa shape index (κ3) is 10.0. The second kappa shape index (κ2) is 11.1.